The summed E-state index contributed by atoms with van der Waals surface area (Å²) in [6.07, 6.45) is 2.04. The molecule has 2 N–H and O–H groups in total. The molecule has 4 heteroatoms. The Morgan fingerprint density at radius 1 is 1.22 bits per heavy atom. The second-order valence-corrected chi connectivity index (χ2v) is 5.56. The first-order valence-electron chi connectivity index (χ1n) is 6.20. The Morgan fingerprint density at radius 3 is 2.33 bits per heavy atom. The molecule has 0 aliphatic heterocycles. The van der Waals surface area contributed by atoms with Gasteiger partial charge in [-0.2, -0.15) is 0 Å². The van der Waals surface area contributed by atoms with Gasteiger partial charge in [0.25, 0.3) is 0 Å². The largest absolute Gasteiger partial charge is 0.376 e. The Hall–Kier alpha value is -1.16. The van der Waals surface area contributed by atoms with E-state index in [4.69, 9.17) is 0 Å². The van der Waals surface area contributed by atoms with Crippen molar-refractivity contribution in [2.24, 2.45) is 5.92 Å². The van der Waals surface area contributed by atoms with Crippen molar-refractivity contribution in [3.05, 3.63) is 24.3 Å². The third kappa shape index (κ3) is 5.00. The minimum absolute atomic E-state index is 0.0325. The number of thioether (sulfide) groups is 1. The summed E-state index contributed by atoms with van der Waals surface area (Å²) in [5.41, 5.74) is 0.972. The summed E-state index contributed by atoms with van der Waals surface area (Å²) in [5.74, 6) is 0.486. The van der Waals surface area contributed by atoms with E-state index in [0.29, 0.717) is 12.5 Å². The van der Waals surface area contributed by atoms with E-state index in [2.05, 4.69) is 24.5 Å². The summed E-state index contributed by atoms with van der Waals surface area (Å²) in [6, 6.07) is 8.28. The Kier molecular flexibility index (Phi) is 6.05. The van der Waals surface area contributed by atoms with Gasteiger partial charge in [-0.25, -0.2) is 0 Å². The fraction of sp³-hybridized carbons (Fsp3) is 0.500. The molecule has 0 aliphatic rings. The van der Waals surface area contributed by atoms with Crippen LogP contribution < -0.4 is 10.6 Å². The first-order chi connectivity index (χ1) is 8.52. The second-order valence-electron chi connectivity index (χ2n) is 4.68. The van der Waals surface area contributed by atoms with Gasteiger partial charge in [0.2, 0.25) is 5.91 Å². The van der Waals surface area contributed by atoms with Gasteiger partial charge in [0.05, 0.1) is 6.54 Å². The standard InChI is InChI=1S/C14H22N2OS/c1-10(2)11(3)16-14(17)9-15-12-5-7-13(18-4)8-6-12/h5-8,10-11,15H,9H2,1-4H3,(H,16,17). The highest BCUT2D eigenvalue weighted by molar-refractivity contribution is 7.98. The molecule has 0 aliphatic carbocycles. The van der Waals surface area contributed by atoms with Crippen LogP contribution in [0.1, 0.15) is 20.8 Å². The molecule has 1 aromatic carbocycles. The molecule has 0 heterocycles. The first-order valence-corrected chi connectivity index (χ1v) is 7.42. The van der Waals surface area contributed by atoms with Crippen LogP contribution in [0, 0.1) is 5.92 Å². The summed E-state index contributed by atoms with van der Waals surface area (Å²) in [4.78, 5) is 12.9. The van der Waals surface area contributed by atoms with Crippen LogP contribution in [0.2, 0.25) is 0 Å². The highest BCUT2D eigenvalue weighted by Gasteiger charge is 2.10. The smallest absolute Gasteiger partial charge is 0.239 e. The topological polar surface area (TPSA) is 41.1 Å². The average Bonchev–Trinajstić information content (AvgIpc) is 2.36. The van der Waals surface area contributed by atoms with Crippen LogP contribution in [0.3, 0.4) is 0 Å². The van der Waals surface area contributed by atoms with Gasteiger partial charge in [-0.1, -0.05) is 13.8 Å². The van der Waals surface area contributed by atoms with Gasteiger partial charge in [-0.05, 0) is 43.4 Å². The predicted molar refractivity (Wildman–Crippen MR) is 79.2 cm³/mol. The maximum absolute atomic E-state index is 11.7. The van der Waals surface area contributed by atoms with E-state index in [0.717, 1.165) is 5.69 Å². The molecule has 1 aromatic rings. The van der Waals surface area contributed by atoms with Crippen LogP contribution in [0.4, 0.5) is 5.69 Å². The Bertz CT molecular complexity index is 376. The Morgan fingerprint density at radius 2 is 1.83 bits per heavy atom. The fourth-order valence-electron chi connectivity index (χ4n) is 1.36. The minimum Gasteiger partial charge on any atom is -0.376 e. The highest BCUT2D eigenvalue weighted by Crippen LogP contribution is 2.17. The second kappa shape index (κ2) is 7.31. The molecular formula is C14H22N2OS. The molecule has 1 atom stereocenters. The van der Waals surface area contributed by atoms with Gasteiger partial charge in [-0.3, -0.25) is 4.79 Å². The molecule has 3 nitrogen and oxygen atoms in total. The molecule has 0 radical (unpaired) electrons. The number of carbonyl (C=O) groups is 1. The molecule has 0 saturated carbocycles. The van der Waals surface area contributed by atoms with Crippen LogP contribution in [0.15, 0.2) is 29.2 Å². The Balaban J connectivity index is 2.37. The average molecular weight is 266 g/mol. The summed E-state index contributed by atoms with van der Waals surface area (Å²) < 4.78 is 0. The van der Waals surface area contributed by atoms with Crippen molar-refractivity contribution in [1.29, 1.82) is 0 Å². The van der Waals surface area contributed by atoms with E-state index in [9.17, 15) is 4.79 Å². The number of hydrogen-bond donors (Lipinski definition) is 2. The van der Waals surface area contributed by atoms with E-state index in [1.54, 1.807) is 11.8 Å². The zero-order valence-electron chi connectivity index (χ0n) is 11.5. The van der Waals surface area contributed by atoms with Crippen molar-refractivity contribution in [2.75, 3.05) is 18.1 Å². The molecular weight excluding hydrogens is 244 g/mol. The lowest BCUT2D eigenvalue weighted by molar-refractivity contribution is -0.120. The molecule has 0 spiro atoms. The van der Waals surface area contributed by atoms with Crippen LogP contribution in [-0.2, 0) is 4.79 Å². The predicted octanol–water partition coefficient (Wildman–Crippen LogP) is 2.98. The normalized spacial score (nSPS) is 12.3. The quantitative estimate of drug-likeness (QED) is 0.778. The van der Waals surface area contributed by atoms with Crippen molar-refractivity contribution >= 4 is 23.4 Å². The van der Waals surface area contributed by atoms with Crippen molar-refractivity contribution in [3.8, 4) is 0 Å². The lowest BCUT2D eigenvalue weighted by Gasteiger charge is -2.17. The highest BCUT2D eigenvalue weighted by atomic mass is 32.2. The number of anilines is 1. The maximum Gasteiger partial charge on any atom is 0.239 e. The molecule has 100 valence electrons. The van der Waals surface area contributed by atoms with Crippen molar-refractivity contribution in [1.82, 2.24) is 5.32 Å². The van der Waals surface area contributed by atoms with E-state index < -0.39 is 0 Å². The third-order valence-corrected chi connectivity index (χ3v) is 3.68. The molecule has 18 heavy (non-hydrogen) atoms. The summed E-state index contributed by atoms with van der Waals surface area (Å²) in [7, 11) is 0. The molecule has 0 bridgehead atoms. The fourth-order valence-corrected chi connectivity index (χ4v) is 1.77. The van der Waals surface area contributed by atoms with E-state index in [1.807, 2.05) is 37.4 Å². The number of rotatable bonds is 6. The third-order valence-electron chi connectivity index (χ3n) is 2.93. The minimum atomic E-state index is 0.0325. The van der Waals surface area contributed by atoms with Crippen molar-refractivity contribution in [2.45, 2.75) is 31.7 Å². The molecule has 0 saturated heterocycles. The van der Waals surface area contributed by atoms with Gasteiger partial charge >= 0.3 is 0 Å². The van der Waals surface area contributed by atoms with Crippen LogP contribution in [0.5, 0.6) is 0 Å². The van der Waals surface area contributed by atoms with Crippen molar-refractivity contribution < 1.29 is 4.79 Å². The summed E-state index contributed by atoms with van der Waals surface area (Å²) >= 11 is 1.71. The van der Waals surface area contributed by atoms with E-state index >= 15 is 0 Å². The van der Waals surface area contributed by atoms with Crippen LogP contribution in [-0.4, -0.2) is 24.7 Å². The molecule has 0 aromatic heterocycles. The lowest BCUT2D eigenvalue weighted by Crippen LogP contribution is -2.39. The summed E-state index contributed by atoms with van der Waals surface area (Å²) in [6.45, 7) is 6.53. The SMILES string of the molecule is CSc1ccc(NCC(=O)NC(C)C(C)C)cc1. The van der Waals surface area contributed by atoms with E-state index in [-0.39, 0.29) is 11.9 Å². The van der Waals surface area contributed by atoms with Crippen LogP contribution >= 0.6 is 11.8 Å². The number of carbonyl (C=O) groups excluding carboxylic acids is 1. The zero-order valence-corrected chi connectivity index (χ0v) is 12.3. The molecule has 1 amide bonds. The molecule has 1 rings (SSSR count). The molecule has 1 unspecified atom stereocenters. The van der Waals surface area contributed by atoms with Crippen LogP contribution in [0.25, 0.3) is 0 Å². The van der Waals surface area contributed by atoms with Gasteiger partial charge < -0.3 is 10.6 Å². The first kappa shape index (κ1) is 14.9. The van der Waals surface area contributed by atoms with Crippen molar-refractivity contribution in [3.63, 3.8) is 0 Å². The lowest BCUT2D eigenvalue weighted by atomic mass is 10.1. The monoisotopic (exact) mass is 266 g/mol. The molecule has 0 fully saturated rings. The van der Waals surface area contributed by atoms with E-state index in [1.165, 1.54) is 4.90 Å². The zero-order chi connectivity index (χ0) is 13.5. The van der Waals surface area contributed by atoms with Gasteiger partial charge in [0.1, 0.15) is 0 Å². The maximum atomic E-state index is 11.7. The summed E-state index contributed by atoms with van der Waals surface area (Å²) in [5, 5.41) is 6.09. The Labute approximate surface area is 114 Å². The number of amides is 1. The number of benzene rings is 1. The number of hydrogen-bond acceptors (Lipinski definition) is 3. The van der Waals surface area contributed by atoms with Gasteiger partial charge in [-0.15, -0.1) is 11.8 Å². The van der Waals surface area contributed by atoms with Gasteiger partial charge in [0.15, 0.2) is 0 Å². The van der Waals surface area contributed by atoms with Gasteiger partial charge in [0, 0.05) is 16.6 Å². The number of nitrogens with one attached hydrogen (secondary N) is 2.